The molecule has 2 atom stereocenters. The molecule has 1 fully saturated rings. The number of hydrogen-bond donors (Lipinski definition) is 2. The van der Waals surface area contributed by atoms with Gasteiger partial charge in [0.2, 0.25) is 5.95 Å². The fourth-order valence-electron chi connectivity index (χ4n) is 2.18. The number of thiocarbonyl (C=S) groups is 1. The minimum absolute atomic E-state index is 0.280. The topological polar surface area (TPSA) is 75.3 Å². The van der Waals surface area contributed by atoms with Gasteiger partial charge in [0.05, 0.1) is 6.10 Å². The fraction of sp³-hybridized carbons (Fsp3) is 0.583. The predicted molar refractivity (Wildman–Crippen MR) is 74.7 cm³/mol. The zero-order valence-corrected chi connectivity index (χ0v) is 11.4. The largest absolute Gasteiger partial charge is 0.393 e. The number of nitrogens with two attached hydrogens (primary N) is 1. The van der Waals surface area contributed by atoms with Gasteiger partial charge < -0.3 is 15.7 Å². The summed E-state index contributed by atoms with van der Waals surface area (Å²) in [5, 5.41) is 9.61. The summed E-state index contributed by atoms with van der Waals surface area (Å²) in [6.45, 7) is 5.36. The van der Waals surface area contributed by atoms with E-state index in [-0.39, 0.29) is 17.0 Å². The molecule has 1 aliphatic rings. The molecule has 2 rings (SSSR count). The average Bonchev–Trinajstić information content (AvgIpc) is 2.77. The Bertz CT molecular complexity index is 463. The minimum Gasteiger partial charge on any atom is -0.393 e. The standard InChI is InChI=1S/C12H18N4OS/c1-7-5-10(11(13)18)15-12(14-7)16-4-3-9(6-16)8(2)17/h5,8-9,17H,3-4,6H2,1-2H3,(H2,13,18). The molecule has 1 aliphatic heterocycles. The average molecular weight is 266 g/mol. The summed E-state index contributed by atoms with van der Waals surface area (Å²) < 4.78 is 0. The Morgan fingerprint density at radius 1 is 1.61 bits per heavy atom. The van der Waals surface area contributed by atoms with Crippen molar-refractivity contribution in [3.05, 3.63) is 17.5 Å². The second-order valence-corrected chi connectivity index (χ2v) is 5.23. The third-order valence-electron chi connectivity index (χ3n) is 3.28. The molecule has 98 valence electrons. The summed E-state index contributed by atoms with van der Waals surface area (Å²) in [6.07, 6.45) is 0.659. The maximum atomic E-state index is 9.61. The van der Waals surface area contributed by atoms with Gasteiger partial charge in [-0.2, -0.15) is 0 Å². The van der Waals surface area contributed by atoms with E-state index in [1.165, 1.54) is 0 Å². The minimum atomic E-state index is -0.296. The molecule has 2 heterocycles. The maximum absolute atomic E-state index is 9.61. The van der Waals surface area contributed by atoms with E-state index in [0.717, 1.165) is 25.2 Å². The van der Waals surface area contributed by atoms with E-state index < -0.39 is 0 Å². The summed E-state index contributed by atoms with van der Waals surface area (Å²) in [6, 6.07) is 1.79. The van der Waals surface area contributed by atoms with Crippen molar-refractivity contribution in [3.63, 3.8) is 0 Å². The Labute approximate surface area is 112 Å². The van der Waals surface area contributed by atoms with Crippen LogP contribution in [0.25, 0.3) is 0 Å². The molecule has 0 aliphatic carbocycles. The van der Waals surface area contributed by atoms with Gasteiger partial charge in [0, 0.05) is 24.7 Å². The zero-order chi connectivity index (χ0) is 13.3. The maximum Gasteiger partial charge on any atom is 0.226 e. The van der Waals surface area contributed by atoms with Gasteiger partial charge in [0.15, 0.2) is 0 Å². The van der Waals surface area contributed by atoms with Crippen molar-refractivity contribution in [2.45, 2.75) is 26.4 Å². The highest BCUT2D eigenvalue weighted by atomic mass is 32.1. The first-order valence-electron chi connectivity index (χ1n) is 6.06. The normalized spacial score (nSPS) is 21.1. The highest BCUT2D eigenvalue weighted by Gasteiger charge is 2.27. The van der Waals surface area contributed by atoms with Crippen LogP contribution in [0.2, 0.25) is 0 Å². The number of aryl methyl sites for hydroxylation is 1. The Balaban J connectivity index is 2.21. The molecule has 3 N–H and O–H groups in total. The first-order valence-corrected chi connectivity index (χ1v) is 6.46. The second kappa shape index (κ2) is 5.16. The van der Waals surface area contributed by atoms with Crippen LogP contribution in [-0.2, 0) is 0 Å². The van der Waals surface area contributed by atoms with Crippen LogP contribution >= 0.6 is 12.2 Å². The van der Waals surface area contributed by atoms with Gasteiger partial charge in [-0.05, 0) is 26.3 Å². The predicted octanol–water partition coefficient (Wildman–Crippen LogP) is 0.626. The van der Waals surface area contributed by atoms with Gasteiger partial charge in [-0.25, -0.2) is 9.97 Å². The second-order valence-electron chi connectivity index (χ2n) is 4.79. The summed E-state index contributed by atoms with van der Waals surface area (Å²) in [5.41, 5.74) is 7.06. The molecule has 5 nitrogen and oxygen atoms in total. The monoisotopic (exact) mass is 266 g/mol. The number of anilines is 1. The van der Waals surface area contributed by atoms with Crippen LogP contribution in [0, 0.1) is 12.8 Å². The first-order chi connectivity index (χ1) is 8.47. The van der Waals surface area contributed by atoms with Crippen molar-refractivity contribution in [2.24, 2.45) is 11.7 Å². The molecule has 1 saturated heterocycles. The van der Waals surface area contributed by atoms with E-state index in [2.05, 4.69) is 14.9 Å². The van der Waals surface area contributed by atoms with Crippen molar-refractivity contribution >= 4 is 23.2 Å². The quantitative estimate of drug-likeness (QED) is 0.782. The van der Waals surface area contributed by atoms with E-state index in [9.17, 15) is 5.11 Å². The van der Waals surface area contributed by atoms with Crippen molar-refractivity contribution < 1.29 is 5.11 Å². The lowest BCUT2D eigenvalue weighted by atomic mass is 10.0. The van der Waals surface area contributed by atoms with Crippen LogP contribution in [0.1, 0.15) is 24.7 Å². The molecule has 0 saturated carbocycles. The van der Waals surface area contributed by atoms with Gasteiger partial charge in [0.1, 0.15) is 10.7 Å². The van der Waals surface area contributed by atoms with Gasteiger partial charge in [-0.15, -0.1) is 0 Å². The number of nitrogens with zero attached hydrogens (tertiary/aromatic N) is 3. The first kappa shape index (κ1) is 13.2. The third-order valence-corrected chi connectivity index (χ3v) is 3.49. The summed E-state index contributed by atoms with van der Waals surface area (Å²) in [5.74, 6) is 0.934. The summed E-state index contributed by atoms with van der Waals surface area (Å²) in [4.78, 5) is 11.1. The molecule has 0 amide bonds. The van der Waals surface area contributed by atoms with E-state index in [0.29, 0.717) is 11.6 Å². The zero-order valence-electron chi connectivity index (χ0n) is 10.6. The third kappa shape index (κ3) is 2.76. The van der Waals surface area contributed by atoms with Crippen LogP contribution in [0.15, 0.2) is 6.07 Å². The SMILES string of the molecule is Cc1cc(C(N)=S)nc(N2CCC(C(C)O)C2)n1. The van der Waals surface area contributed by atoms with Crippen LogP contribution in [0.4, 0.5) is 5.95 Å². The van der Waals surface area contributed by atoms with E-state index in [4.69, 9.17) is 18.0 Å². The van der Waals surface area contributed by atoms with Crippen LogP contribution in [0.5, 0.6) is 0 Å². The van der Waals surface area contributed by atoms with Crippen molar-refractivity contribution in [1.82, 2.24) is 9.97 Å². The van der Waals surface area contributed by atoms with Crippen LogP contribution < -0.4 is 10.6 Å². The number of aliphatic hydroxyl groups excluding tert-OH is 1. The molecule has 0 aromatic carbocycles. The van der Waals surface area contributed by atoms with Crippen LogP contribution in [-0.4, -0.2) is 39.3 Å². The van der Waals surface area contributed by atoms with E-state index in [1.54, 1.807) is 6.07 Å². The smallest absolute Gasteiger partial charge is 0.226 e. The number of rotatable bonds is 3. The number of hydrogen-bond acceptors (Lipinski definition) is 5. The lowest BCUT2D eigenvalue weighted by Gasteiger charge is -2.18. The lowest BCUT2D eigenvalue weighted by molar-refractivity contribution is 0.136. The molecule has 6 heteroatoms. The van der Waals surface area contributed by atoms with E-state index in [1.807, 2.05) is 13.8 Å². The fourth-order valence-corrected chi connectivity index (χ4v) is 2.29. The number of aromatic nitrogens is 2. The lowest BCUT2D eigenvalue weighted by Crippen LogP contribution is -2.26. The molecule has 2 unspecified atom stereocenters. The number of aliphatic hydroxyl groups is 1. The van der Waals surface area contributed by atoms with Gasteiger partial charge in [0.25, 0.3) is 0 Å². The Hall–Kier alpha value is -1.27. The van der Waals surface area contributed by atoms with Crippen molar-refractivity contribution in [3.8, 4) is 0 Å². The molecule has 18 heavy (non-hydrogen) atoms. The van der Waals surface area contributed by atoms with Gasteiger partial charge >= 0.3 is 0 Å². The van der Waals surface area contributed by atoms with Crippen molar-refractivity contribution in [1.29, 1.82) is 0 Å². The Morgan fingerprint density at radius 2 is 2.33 bits per heavy atom. The van der Waals surface area contributed by atoms with E-state index >= 15 is 0 Å². The molecular formula is C12H18N4OS. The summed E-state index contributed by atoms with van der Waals surface area (Å²) >= 11 is 4.95. The molecule has 1 aromatic rings. The molecule has 1 aromatic heterocycles. The summed E-state index contributed by atoms with van der Waals surface area (Å²) in [7, 11) is 0. The highest BCUT2D eigenvalue weighted by molar-refractivity contribution is 7.80. The Morgan fingerprint density at radius 3 is 2.89 bits per heavy atom. The molecule has 0 spiro atoms. The molecule has 0 bridgehead atoms. The van der Waals surface area contributed by atoms with Crippen LogP contribution in [0.3, 0.4) is 0 Å². The highest BCUT2D eigenvalue weighted by Crippen LogP contribution is 2.23. The van der Waals surface area contributed by atoms with Gasteiger partial charge in [-0.1, -0.05) is 12.2 Å². The Kier molecular flexibility index (Phi) is 3.77. The molecular weight excluding hydrogens is 248 g/mol. The van der Waals surface area contributed by atoms with Crippen molar-refractivity contribution in [2.75, 3.05) is 18.0 Å². The molecule has 0 radical (unpaired) electrons. The van der Waals surface area contributed by atoms with Gasteiger partial charge in [-0.3, -0.25) is 0 Å².